The second kappa shape index (κ2) is 6.48. The zero-order valence-corrected chi connectivity index (χ0v) is 11.9. The Morgan fingerprint density at radius 3 is 2.74 bits per heavy atom. The lowest BCUT2D eigenvalue weighted by molar-refractivity contribution is 0.520. The first-order valence-corrected chi connectivity index (χ1v) is 6.90. The fourth-order valence-corrected chi connectivity index (χ4v) is 2.24. The molecule has 1 N–H and O–H groups in total. The molecule has 0 bridgehead atoms. The van der Waals surface area contributed by atoms with E-state index in [1.165, 1.54) is 5.56 Å². The van der Waals surface area contributed by atoms with Crippen molar-refractivity contribution in [1.82, 2.24) is 19.9 Å². The van der Waals surface area contributed by atoms with Gasteiger partial charge in [0.1, 0.15) is 5.82 Å². The molecule has 1 unspecified atom stereocenters. The molecule has 0 aromatic carbocycles. The van der Waals surface area contributed by atoms with Crippen LogP contribution in [0.2, 0.25) is 0 Å². The minimum atomic E-state index is 0.269. The lowest BCUT2D eigenvalue weighted by Gasteiger charge is -2.18. The molecule has 0 amide bonds. The number of likely N-dealkylation sites (N-methyl/N-ethyl adjacent to an activating group) is 1. The van der Waals surface area contributed by atoms with Crippen LogP contribution in [-0.2, 0) is 13.0 Å². The molecule has 0 aliphatic carbocycles. The number of imidazole rings is 1. The van der Waals surface area contributed by atoms with Crippen LogP contribution in [0.15, 0.2) is 30.7 Å². The van der Waals surface area contributed by atoms with E-state index in [2.05, 4.69) is 45.8 Å². The van der Waals surface area contributed by atoms with E-state index in [0.29, 0.717) is 0 Å². The van der Waals surface area contributed by atoms with E-state index in [4.69, 9.17) is 0 Å². The summed E-state index contributed by atoms with van der Waals surface area (Å²) < 4.78 is 2.19. The van der Waals surface area contributed by atoms with Gasteiger partial charge in [0.05, 0.1) is 0 Å². The molecule has 0 fully saturated rings. The normalized spacial score (nSPS) is 12.6. The van der Waals surface area contributed by atoms with E-state index in [1.54, 1.807) is 0 Å². The van der Waals surface area contributed by atoms with Crippen LogP contribution in [0, 0.1) is 6.92 Å². The molecule has 0 aliphatic heterocycles. The molecule has 0 radical (unpaired) electrons. The van der Waals surface area contributed by atoms with E-state index < -0.39 is 0 Å². The first-order valence-electron chi connectivity index (χ1n) is 6.90. The molecular formula is C15H22N4. The second-order valence-electron chi connectivity index (χ2n) is 4.68. The zero-order chi connectivity index (χ0) is 13.7. The van der Waals surface area contributed by atoms with Gasteiger partial charge in [0.15, 0.2) is 0 Å². The highest BCUT2D eigenvalue weighted by molar-refractivity contribution is 5.18. The van der Waals surface area contributed by atoms with Gasteiger partial charge < -0.3 is 9.88 Å². The SMILES string of the molecule is CCNC(Cc1nccn1CC)c1ccc(C)nc1. The first kappa shape index (κ1) is 13.7. The number of aryl methyl sites for hydroxylation is 2. The third-order valence-corrected chi connectivity index (χ3v) is 3.32. The van der Waals surface area contributed by atoms with Crippen molar-refractivity contribution >= 4 is 0 Å². The van der Waals surface area contributed by atoms with E-state index in [1.807, 2.05) is 25.5 Å². The number of hydrogen-bond acceptors (Lipinski definition) is 3. The van der Waals surface area contributed by atoms with Crippen LogP contribution < -0.4 is 5.32 Å². The maximum Gasteiger partial charge on any atom is 0.110 e. The van der Waals surface area contributed by atoms with Crippen LogP contribution in [0.25, 0.3) is 0 Å². The van der Waals surface area contributed by atoms with Gasteiger partial charge in [0.2, 0.25) is 0 Å². The topological polar surface area (TPSA) is 42.7 Å². The molecule has 4 heteroatoms. The van der Waals surface area contributed by atoms with Crippen LogP contribution in [-0.4, -0.2) is 21.1 Å². The van der Waals surface area contributed by atoms with Crippen molar-refractivity contribution in [2.24, 2.45) is 0 Å². The smallest absolute Gasteiger partial charge is 0.110 e. The number of nitrogens with zero attached hydrogens (tertiary/aromatic N) is 3. The minimum Gasteiger partial charge on any atom is -0.335 e. The predicted octanol–water partition coefficient (Wildman–Crippen LogP) is 2.50. The molecule has 0 spiro atoms. The van der Waals surface area contributed by atoms with Crippen molar-refractivity contribution in [1.29, 1.82) is 0 Å². The fraction of sp³-hybridized carbons (Fsp3) is 0.467. The third kappa shape index (κ3) is 3.41. The van der Waals surface area contributed by atoms with Crippen LogP contribution in [0.4, 0.5) is 0 Å². The van der Waals surface area contributed by atoms with Gasteiger partial charge in [-0.3, -0.25) is 4.98 Å². The monoisotopic (exact) mass is 258 g/mol. The summed E-state index contributed by atoms with van der Waals surface area (Å²) >= 11 is 0. The van der Waals surface area contributed by atoms with Crippen molar-refractivity contribution in [3.8, 4) is 0 Å². The number of pyridine rings is 1. The molecule has 4 nitrogen and oxygen atoms in total. The molecule has 19 heavy (non-hydrogen) atoms. The van der Waals surface area contributed by atoms with E-state index in [0.717, 1.165) is 31.0 Å². The molecule has 0 aliphatic rings. The summed E-state index contributed by atoms with van der Waals surface area (Å²) in [4.78, 5) is 8.84. The average molecular weight is 258 g/mol. The summed E-state index contributed by atoms with van der Waals surface area (Å²) in [6.45, 7) is 8.17. The Bertz CT molecular complexity index is 501. The molecule has 2 aromatic rings. The third-order valence-electron chi connectivity index (χ3n) is 3.32. The van der Waals surface area contributed by atoms with Gasteiger partial charge >= 0.3 is 0 Å². The Kier molecular flexibility index (Phi) is 4.68. The lowest BCUT2D eigenvalue weighted by atomic mass is 10.0. The molecule has 2 aromatic heterocycles. The number of hydrogen-bond donors (Lipinski definition) is 1. The van der Waals surface area contributed by atoms with Gasteiger partial charge in [-0.25, -0.2) is 4.98 Å². The summed E-state index contributed by atoms with van der Waals surface area (Å²) in [7, 11) is 0. The number of nitrogens with one attached hydrogen (secondary N) is 1. The van der Waals surface area contributed by atoms with Gasteiger partial charge in [-0.1, -0.05) is 13.0 Å². The Morgan fingerprint density at radius 1 is 1.26 bits per heavy atom. The van der Waals surface area contributed by atoms with E-state index in [-0.39, 0.29) is 6.04 Å². The summed E-state index contributed by atoms with van der Waals surface area (Å²) in [5, 5.41) is 3.51. The Balaban J connectivity index is 2.18. The maximum atomic E-state index is 4.45. The Labute approximate surface area is 114 Å². The van der Waals surface area contributed by atoms with Gasteiger partial charge in [0, 0.05) is 43.3 Å². The zero-order valence-electron chi connectivity index (χ0n) is 11.9. The Morgan fingerprint density at radius 2 is 2.11 bits per heavy atom. The molecule has 1 atom stereocenters. The van der Waals surface area contributed by atoms with Crippen molar-refractivity contribution in [2.45, 2.75) is 39.8 Å². The molecular weight excluding hydrogens is 236 g/mol. The lowest BCUT2D eigenvalue weighted by Crippen LogP contribution is -2.24. The molecule has 0 saturated carbocycles. The molecule has 2 heterocycles. The quantitative estimate of drug-likeness (QED) is 0.865. The highest BCUT2D eigenvalue weighted by atomic mass is 15.1. The highest BCUT2D eigenvalue weighted by Gasteiger charge is 2.14. The van der Waals surface area contributed by atoms with Gasteiger partial charge in [0.25, 0.3) is 0 Å². The molecule has 2 rings (SSSR count). The van der Waals surface area contributed by atoms with Gasteiger partial charge in [-0.2, -0.15) is 0 Å². The molecule has 0 saturated heterocycles. The van der Waals surface area contributed by atoms with Crippen LogP contribution >= 0.6 is 0 Å². The van der Waals surface area contributed by atoms with Crippen molar-refractivity contribution in [2.75, 3.05) is 6.54 Å². The first-order chi connectivity index (χ1) is 9.24. The summed E-state index contributed by atoms with van der Waals surface area (Å²) in [5.41, 5.74) is 2.27. The largest absolute Gasteiger partial charge is 0.335 e. The maximum absolute atomic E-state index is 4.45. The van der Waals surface area contributed by atoms with E-state index >= 15 is 0 Å². The average Bonchev–Trinajstić information content (AvgIpc) is 2.86. The fourth-order valence-electron chi connectivity index (χ4n) is 2.24. The van der Waals surface area contributed by atoms with Crippen LogP contribution in [0.3, 0.4) is 0 Å². The van der Waals surface area contributed by atoms with Gasteiger partial charge in [-0.15, -0.1) is 0 Å². The van der Waals surface area contributed by atoms with Gasteiger partial charge in [-0.05, 0) is 32.0 Å². The number of aromatic nitrogens is 3. The summed E-state index contributed by atoms with van der Waals surface area (Å²) in [6, 6.07) is 4.48. The van der Waals surface area contributed by atoms with Crippen LogP contribution in [0.1, 0.15) is 37.0 Å². The van der Waals surface area contributed by atoms with Crippen LogP contribution in [0.5, 0.6) is 0 Å². The summed E-state index contributed by atoms with van der Waals surface area (Å²) in [5.74, 6) is 1.12. The van der Waals surface area contributed by atoms with Crippen molar-refractivity contribution in [3.05, 3.63) is 47.8 Å². The standard InChI is InChI=1S/C15H22N4/c1-4-16-14(13-7-6-12(3)18-11-13)10-15-17-8-9-19(15)5-2/h6-9,11,14,16H,4-5,10H2,1-3H3. The van der Waals surface area contributed by atoms with Crippen molar-refractivity contribution < 1.29 is 0 Å². The second-order valence-corrected chi connectivity index (χ2v) is 4.68. The van der Waals surface area contributed by atoms with E-state index in [9.17, 15) is 0 Å². The minimum absolute atomic E-state index is 0.269. The predicted molar refractivity (Wildman–Crippen MR) is 77.0 cm³/mol. The summed E-state index contributed by atoms with van der Waals surface area (Å²) in [6.07, 6.45) is 6.75. The highest BCUT2D eigenvalue weighted by Crippen LogP contribution is 2.17. The Hall–Kier alpha value is -1.68. The molecule has 102 valence electrons. The number of rotatable bonds is 6. The van der Waals surface area contributed by atoms with Crippen molar-refractivity contribution in [3.63, 3.8) is 0 Å².